The maximum absolute atomic E-state index is 14.2. The zero-order chi connectivity index (χ0) is 21.5. The highest BCUT2D eigenvalue weighted by atomic mass is 35.5. The molecule has 0 fully saturated rings. The first-order valence-corrected chi connectivity index (χ1v) is 9.87. The van der Waals surface area contributed by atoms with Crippen molar-refractivity contribution in [2.75, 3.05) is 0 Å². The molecule has 0 amide bonds. The lowest BCUT2D eigenvalue weighted by Crippen LogP contribution is -2.41. The van der Waals surface area contributed by atoms with Gasteiger partial charge >= 0.3 is 0 Å². The summed E-state index contributed by atoms with van der Waals surface area (Å²) in [5.74, 6) is -1.07. The van der Waals surface area contributed by atoms with Crippen LogP contribution in [0.25, 0.3) is 0 Å². The molecule has 0 spiro atoms. The van der Waals surface area contributed by atoms with Gasteiger partial charge in [-0.1, -0.05) is 23.7 Å². The average Bonchev–Trinajstić information content (AvgIpc) is 3.08. The highest BCUT2D eigenvalue weighted by molar-refractivity contribution is 6.30. The van der Waals surface area contributed by atoms with Gasteiger partial charge in [0.15, 0.2) is 5.82 Å². The molecule has 30 heavy (non-hydrogen) atoms. The Morgan fingerprint density at radius 3 is 2.57 bits per heavy atom. The number of aliphatic imine (C=N–C) groups is 1. The first kappa shape index (κ1) is 20.2. The van der Waals surface area contributed by atoms with E-state index >= 15 is 0 Å². The van der Waals surface area contributed by atoms with Gasteiger partial charge in [0, 0.05) is 29.5 Å². The van der Waals surface area contributed by atoms with Crippen molar-refractivity contribution in [3.63, 3.8) is 0 Å². The molecule has 4 rings (SSSR count). The van der Waals surface area contributed by atoms with E-state index in [0.717, 1.165) is 11.6 Å². The molecular formula is C22H19ClF2N4O. The lowest BCUT2D eigenvalue weighted by molar-refractivity contribution is 0.449. The van der Waals surface area contributed by atoms with E-state index in [2.05, 4.69) is 10.3 Å². The van der Waals surface area contributed by atoms with Crippen LogP contribution in [0.15, 0.2) is 64.6 Å². The van der Waals surface area contributed by atoms with Crippen LogP contribution >= 0.6 is 11.6 Å². The van der Waals surface area contributed by atoms with Gasteiger partial charge in [-0.25, -0.2) is 14.4 Å². The number of aryl methyl sites for hydroxylation is 1. The van der Waals surface area contributed by atoms with Crippen LogP contribution in [0, 0.1) is 11.8 Å². The second-order valence-electron chi connectivity index (χ2n) is 7.13. The van der Waals surface area contributed by atoms with Crippen LogP contribution in [0.5, 0.6) is 0 Å². The normalized spacial score (nSPS) is 20.7. The summed E-state index contributed by atoms with van der Waals surface area (Å²) in [6.07, 6.45) is 2.95. The van der Waals surface area contributed by atoms with Crippen LogP contribution in [0.4, 0.5) is 8.78 Å². The number of rotatable bonds is 4. The second-order valence-corrected chi connectivity index (χ2v) is 7.57. The molecule has 3 heterocycles. The van der Waals surface area contributed by atoms with Gasteiger partial charge < -0.3 is 9.88 Å². The molecule has 2 aromatic heterocycles. The van der Waals surface area contributed by atoms with Crippen molar-refractivity contribution < 1.29 is 8.78 Å². The summed E-state index contributed by atoms with van der Waals surface area (Å²) in [4.78, 5) is 20.5. The predicted molar refractivity (Wildman–Crippen MR) is 112 cm³/mol. The van der Waals surface area contributed by atoms with E-state index in [1.54, 1.807) is 31.3 Å². The molecule has 8 heteroatoms. The van der Waals surface area contributed by atoms with E-state index in [9.17, 15) is 13.6 Å². The van der Waals surface area contributed by atoms with E-state index in [4.69, 9.17) is 16.6 Å². The maximum atomic E-state index is 14.2. The smallest absolute Gasteiger partial charge is 0.286 e. The van der Waals surface area contributed by atoms with E-state index in [-0.39, 0.29) is 6.04 Å². The Labute approximate surface area is 177 Å². The molecular weight excluding hydrogens is 410 g/mol. The molecule has 5 nitrogen and oxygen atoms in total. The van der Waals surface area contributed by atoms with Gasteiger partial charge in [-0.15, -0.1) is 0 Å². The summed E-state index contributed by atoms with van der Waals surface area (Å²) >= 11 is 6.07. The molecule has 0 unspecified atom stereocenters. The SMILES string of the molecule is CCn1cc(C2=N[C@@](c3ccc(Cl)cc3)(c3ccnc(F)c3)[C@H](C)N2)cc(F)c1=O. The topological polar surface area (TPSA) is 59.3 Å². The molecule has 0 saturated heterocycles. The van der Waals surface area contributed by atoms with Gasteiger partial charge in [0.2, 0.25) is 5.95 Å². The highest BCUT2D eigenvalue weighted by Gasteiger charge is 2.45. The Morgan fingerprint density at radius 1 is 1.17 bits per heavy atom. The van der Waals surface area contributed by atoms with Gasteiger partial charge in [-0.05, 0) is 55.3 Å². The second kappa shape index (κ2) is 7.65. The molecule has 154 valence electrons. The fourth-order valence-electron chi connectivity index (χ4n) is 3.87. The first-order chi connectivity index (χ1) is 14.3. The monoisotopic (exact) mass is 428 g/mol. The van der Waals surface area contributed by atoms with Gasteiger partial charge in [-0.2, -0.15) is 4.39 Å². The van der Waals surface area contributed by atoms with Crippen LogP contribution in [-0.4, -0.2) is 21.4 Å². The van der Waals surface area contributed by atoms with Crippen LogP contribution in [-0.2, 0) is 12.1 Å². The van der Waals surface area contributed by atoms with Crippen molar-refractivity contribution in [2.24, 2.45) is 4.99 Å². The standard InChI is InChI=1S/C22H19ClF2N4O/c1-3-29-12-14(10-18(24)21(29)30)20-27-13(2)22(28-20,15-4-6-17(23)7-5-15)16-8-9-26-19(25)11-16/h4-13H,3H2,1-2H3,(H,27,28)/t13-,22-/m0/s1. The molecule has 0 saturated carbocycles. The van der Waals surface area contributed by atoms with Crippen molar-refractivity contribution in [1.29, 1.82) is 0 Å². The van der Waals surface area contributed by atoms with E-state index < -0.39 is 22.9 Å². The molecule has 3 aromatic rings. The van der Waals surface area contributed by atoms with Crippen LogP contribution in [0.1, 0.15) is 30.5 Å². The lowest BCUT2D eigenvalue weighted by Gasteiger charge is -2.31. The third-order valence-corrected chi connectivity index (χ3v) is 5.63. The van der Waals surface area contributed by atoms with Crippen molar-refractivity contribution in [3.8, 4) is 0 Å². The van der Waals surface area contributed by atoms with Crippen LogP contribution in [0.3, 0.4) is 0 Å². The van der Waals surface area contributed by atoms with Crippen LogP contribution in [0.2, 0.25) is 5.02 Å². The van der Waals surface area contributed by atoms with Gasteiger partial charge in [0.05, 0.1) is 6.04 Å². The Morgan fingerprint density at radius 2 is 1.90 bits per heavy atom. The molecule has 2 atom stereocenters. The Kier molecular flexibility index (Phi) is 5.15. The first-order valence-electron chi connectivity index (χ1n) is 9.50. The quantitative estimate of drug-likeness (QED) is 0.642. The molecule has 1 N–H and O–H groups in total. The average molecular weight is 429 g/mol. The van der Waals surface area contributed by atoms with Gasteiger partial charge in [0.1, 0.15) is 11.4 Å². The Bertz CT molecular complexity index is 1190. The van der Waals surface area contributed by atoms with Crippen LogP contribution < -0.4 is 10.9 Å². The molecule has 0 radical (unpaired) electrons. The largest absolute Gasteiger partial charge is 0.364 e. The summed E-state index contributed by atoms with van der Waals surface area (Å²) in [5, 5.41) is 3.85. The number of nitrogens with one attached hydrogen (secondary N) is 1. The zero-order valence-electron chi connectivity index (χ0n) is 16.4. The van der Waals surface area contributed by atoms with Crippen molar-refractivity contribution in [3.05, 3.63) is 98.7 Å². The Balaban J connectivity index is 1.95. The number of hydrogen-bond acceptors (Lipinski definition) is 4. The number of aromatic nitrogens is 2. The van der Waals surface area contributed by atoms with E-state index in [1.807, 2.05) is 19.1 Å². The number of benzene rings is 1. The zero-order valence-corrected chi connectivity index (χ0v) is 17.1. The molecule has 0 bridgehead atoms. The number of pyridine rings is 2. The molecule has 1 aromatic carbocycles. The minimum atomic E-state index is -0.993. The summed E-state index contributed by atoms with van der Waals surface area (Å²) in [6.45, 7) is 3.99. The van der Waals surface area contributed by atoms with E-state index in [0.29, 0.717) is 28.5 Å². The highest BCUT2D eigenvalue weighted by Crippen LogP contribution is 2.41. The maximum Gasteiger partial charge on any atom is 0.286 e. The summed E-state index contributed by atoms with van der Waals surface area (Å²) in [6, 6.07) is 11.1. The molecule has 0 aliphatic carbocycles. The van der Waals surface area contributed by atoms with E-state index in [1.165, 1.54) is 16.8 Å². The number of nitrogens with zero attached hydrogens (tertiary/aromatic N) is 3. The van der Waals surface area contributed by atoms with Gasteiger partial charge in [0.25, 0.3) is 5.56 Å². The third kappa shape index (κ3) is 3.29. The summed E-state index contributed by atoms with van der Waals surface area (Å²) in [5.41, 5.74) is 0.139. The molecule has 1 aliphatic rings. The number of halogens is 3. The summed E-state index contributed by atoms with van der Waals surface area (Å²) < 4.78 is 29.5. The van der Waals surface area contributed by atoms with Crippen molar-refractivity contribution >= 4 is 17.4 Å². The number of amidine groups is 1. The summed E-state index contributed by atoms with van der Waals surface area (Å²) in [7, 11) is 0. The Hall–Kier alpha value is -3.06. The van der Waals surface area contributed by atoms with Crippen molar-refractivity contribution in [2.45, 2.75) is 32.0 Å². The lowest BCUT2D eigenvalue weighted by atomic mass is 9.79. The fraction of sp³-hybridized carbons (Fsp3) is 0.227. The minimum Gasteiger partial charge on any atom is -0.364 e. The fourth-order valence-corrected chi connectivity index (χ4v) is 3.99. The molecule has 1 aliphatic heterocycles. The minimum absolute atomic E-state index is 0.305. The predicted octanol–water partition coefficient (Wildman–Crippen LogP) is 3.88. The van der Waals surface area contributed by atoms with Crippen molar-refractivity contribution in [1.82, 2.24) is 14.9 Å². The third-order valence-electron chi connectivity index (χ3n) is 5.38. The number of hydrogen-bond donors (Lipinski definition) is 1. The van der Waals surface area contributed by atoms with Gasteiger partial charge in [-0.3, -0.25) is 4.79 Å².